The zero-order valence-electron chi connectivity index (χ0n) is 11.3. The zero-order chi connectivity index (χ0) is 15.1. The molecule has 4 aromatic rings. The lowest BCUT2D eigenvalue weighted by Crippen LogP contribution is -2.09. The summed E-state index contributed by atoms with van der Waals surface area (Å²) in [6, 6.07) is 9.58. The summed E-state index contributed by atoms with van der Waals surface area (Å²) >= 11 is 3.41. The quantitative estimate of drug-likeness (QED) is 0.596. The van der Waals surface area contributed by atoms with Crippen molar-refractivity contribution >= 4 is 32.8 Å². The second-order valence-corrected chi connectivity index (χ2v) is 5.39. The van der Waals surface area contributed by atoms with Crippen molar-refractivity contribution in [1.29, 1.82) is 0 Å². The van der Waals surface area contributed by atoms with Gasteiger partial charge >= 0.3 is 0 Å². The molecule has 7 nitrogen and oxygen atoms in total. The topological polar surface area (TPSA) is 87.4 Å². The van der Waals surface area contributed by atoms with E-state index >= 15 is 0 Å². The lowest BCUT2D eigenvalue weighted by Gasteiger charge is -2.09. The molecule has 0 aliphatic carbocycles. The average Bonchev–Trinajstić information content (AvgIpc) is 3.19. The lowest BCUT2D eigenvalue weighted by atomic mass is 10.3. The van der Waals surface area contributed by atoms with Crippen LogP contribution in [0.2, 0.25) is 0 Å². The number of para-hydroxylation sites is 2. The molecular formula is C14H10BrN7. The van der Waals surface area contributed by atoms with E-state index in [2.05, 4.69) is 36.0 Å². The summed E-state index contributed by atoms with van der Waals surface area (Å²) in [6.45, 7) is 0. The summed E-state index contributed by atoms with van der Waals surface area (Å²) in [4.78, 5) is 13.2. The van der Waals surface area contributed by atoms with Gasteiger partial charge in [-0.15, -0.1) is 0 Å². The first-order valence-electron chi connectivity index (χ1n) is 6.49. The van der Waals surface area contributed by atoms with Gasteiger partial charge in [0.15, 0.2) is 5.82 Å². The molecule has 0 aliphatic heterocycles. The van der Waals surface area contributed by atoms with Crippen molar-refractivity contribution in [2.45, 2.75) is 0 Å². The Bertz CT molecular complexity index is 959. The standard InChI is InChI=1S/C14H10BrN7/c15-11-12(16)19-14(20-13(11)22-7-3-6-18-22)21-8-17-9-4-1-2-5-10(9)21/h1-8H,(H2,16,19,20). The smallest absolute Gasteiger partial charge is 0.239 e. The van der Waals surface area contributed by atoms with E-state index in [1.807, 2.05) is 30.3 Å². The third-order valence-electron chi connectivity index (χ3n) is 3.24. The van der Waals surface area contributed by atoms with Crippen LogP contribution in [-0.2, 0) is 0 Å². The SMILES string of the molecule is Nc1nc(-n2cnc3ccccc32)nc(-n2cccn2)c1Br. The summed E-state index contributed by atoms with van der Waals surface area (Å²) in [5.41, 5.74) is 7.79. The van der Waals surface area contributed by atoms with E-state index in [1.54, 1.807) is 28.0 Å². The third kappa shape index (κ3) is 1.96. The number of halogens is 1. The summed E-state index contributed by atoms with van der Waals surface area (Å²) < 4.78 is 4.03. The maximum absolute atomic E-state index is 6.00. The number of nitrogens with zero attached hydrogens (tertiary/aromatic N) is 6. The molecule has 0 spiro atoms. The van der Waals surface area contributed by atoms with Gasteiger partial charge < -0.3 is 5.73 Å². The van der Waals surface area contributed by atoms with Crippen molar-refractivity contribution in [2.75, 3.05) is 5.73 Å². The van der Waals surface area contributed by atoms with Gasteiger partial charge in [-0.3, -0.25) is 4.57 Å². The number of hydrogen-bond acceptors (Lipinski definition) is 5. The molecule has 4 rings (SSSR count). The number of imidazole rings is 1. The third-order valence-corrected chi connectivity index (χ3v) is 4.00. The number of rotatable bonds is 2. The molecule has 2 N–H and O–H groups in total. The number of fused-ring (bicyclic) bond motifs is 1. The van der Waals surface area contributed by atoms with Crippen LogP contribution in [0.15, 0.2) is 53.5 Å². The van der Waals surface area contributed by atoms with Crippen LogP contribution in [0.4, 0.5) is 5.82 Å². The van der Waals surface area contributed by atoms with Crippen molar-refractivity contribution in [3.8, 4) is 11.8 Å². The van der Waals surface area contributed by atoms with E-state index in [0.29, 0.717) is 22.1 Å². The minimum absolute atomic E-state index is 0.341. The van der Waals surface area contributed by atoms with Gasteiger partial charge in [-0.05, 0) is 34.1 Å². The Hall–Kier alpha value is -2.74. The number of nitrogens with two attached hydrogens (primary N) is 1. The van der Waals surface area contributed by atoms with E-state index in [4.69, 9.17) is 5.73 Å². The van der Waals surface area contributed by atoms with Gasteiger partial charge in [0, 0.05) is 12.4 Å². The molecule has 0 radical (unpaired) electrons. The van der Waals surface area contributed by atoms with Gasteiger partial charge in [-0.25, -0.2) is 9.67 Å². The normalized spacial score (nSPS) is 11.1. The minimum atomic E-state index is 0.341. The summed E-state index contributed by atoms with van der Waals surface area (Å²) in [5.74, 6) is 1.36. The van der Waals surface area contributed by atoms with Crippen molar-refractivity contribution < 1.29 is 0 Å². The van der Waals surface area contributed by atoms with Gasteiger partial charge in [0.1, 0.15) is 16.6 Å². The minimum Gasteiger partial charge on any atom is -0.383 e. The fourth-order valence-electron chi connectivity index (χ4n) is 2.21. The lowest BCUT2D eigenvalue weighted by molar-refractivity contribution is 0.817. The second kappa shape index (κ2) is 4.92. The van der Waals surface area contributed by atoms with Crippen molar-refractivity contribution in [1.82, 2.24) is 29.3 Å². The molecule has 0 bridgehead atoms. The van der Waals surface area contributed by atoms with Crippen LogP contribution in [-0.4, -0.2) is 29.3 Å². The summed E-state index contributed by atoms with van der Waals surface area (Å²) in [6.07, 6.45) is 5.15. The highest BCUT2D eigenvalue weighted by Crippen LogP contribution is 2.26. The summed E-state index contributed by atoms with van der Waals surface area (Å²) in [7, 11) is 0. The molecule has 3 heterocycles. The molecule has 0 amide bonds. The molecule has 0 aliphatic rings. The molecule has 0 unspecified atom stereocenters. The molecule has 0 saturated carbocycles. The number of hydrogen-bond donors (Lipinski definition) is 1. The van der Waals surface area contributed by atoms with Crippen molar-refractivity contribution in [3.05, 3.63) is 53.5 Å². The molecule has 22 heavy (non-hydrogen) atoms. The Balaban J connectivity index is 1.96. The highest BCUT2D eigenvalue weighted by Gasteiger charge is 2.14. The van der Waals surface area contributed by atoms with Gasteiger partial charge in [0.05, 0.1) is 11.0 Å². The maximum Gasteiger partial charge on any atom is 0.239 e. The Labute approximate surface area is 133 Å². The molecule has 0 fully saturated rings. The van der Waals surface area contributed by atoms with Gasteiger partial charge in [-0.2, -0.15) is 15.1 Å². The van der Waals surface area contributed by atoms with Gasteiger partial charge in [-0.1, -0.05) is 12.1 Å². The fourth-order valence-corrected chi connectivity index (χ4v) is 2.57. The maximum atomic E-state index is 6.00. The van der Waals surface area contributed by atoms with Crippen LogP contribution in [0.25, 0.3) is 22.8 Å². The predicted molar refractivity (Wildman–Crippen MR) is 85.9 cm³/mol. The largest absolute Gasteiger partial charge is 0.383 e. The monoisotopic (exact) mass is 355 g/mol. The molecule has 3 aromatic heterocycles. The number of aromatic nitrogens is 6. The van der Waals surface area contributed by atoms with E-state index in [-0.39, 0.29) is 0 Å². The Morgan fingerprint density at radius 1 is 1.09 bits per heavy atom. The number of benzene rings is 1. The molecule has 8 heteroatoms. The fraction of sp³-hybridized carbons (Fsp3) is 0. The van der Waals surface area contributed by atoms with Crippen LogP contribution >= 0.6 is 15.9 Å². The van der Waals surface area contributed by atoms with E-state index in [0.717, 1.165) is 11.0 Å². The zero-order valence-corrected chi connectivity index (χ0v) is 12.8. The summed E-state index contributed by atoms with van der Waals surface area (Å²) in [5, 5.41) is 4.19. The van der Waals surface area contributed by atoms with Gasteiger partial charge in [0.25, 0.3) is 0 Å². The van der Waals surface area contributed by atoms with Gasteiger partial charge in [0.2, 0.25) is 5.95 Å². The van der Waals surface area contributed by atoms with Crippen LogP contribution in [0.5, 0.6) is 0 Å². The first-order chi connectivity index (χ1) is 10.7. The highest BCUT2D eigenvalue weighted by atomic mass is 79.9. The molecule has 108 valence electrons. The van der Waals surface area contributed by atoms with E-state index in [9.17, 15) is 0 Å². The van der Waals surface area contributed by atoms with Crippen LogP contribution in [0.1, 0.15) is 0 Å². The molecule has 0 atom stereocenters. The Morgan fingerprint density at radius 3 is 2.77 bits per heavy atom. The molecule has 1 aromatic carbocycles. The highest BCUT2D eigenvalue weighted by molar-refractivity contribution is 9.10. The van der Waals surface area contributed by atoms with Crippen LogP contribution < -0.4 is 5.73 Å². The molecule has 0 saturated heterocycles. The number of nitrogen functional groups attached to an aromatic ring is 1. The van der Waals surface area contributed by atoms with E-state index < -0.39 is 0 Å². The van der Waals surface area contributed by atoms with Crippen molar-refractivity contribution in [3.63, 3.8) is 0 Å². The van der Waals surface area contributed by atoms with Crippen LogP contribution in [0.3, 0.4) is 0 Å². The Morgan fingerprint density at radius 2 is 1.95 bits per heavy atom. The second-order valence-electron chi connectivity index (χ2n) is 4.60. The number of anilines is 1. The first kappa shape index (κ1) is 13.0. The van der Waals surface area contributed by atoms with Crippen molar-refractivity contribution in [2.24, 2.45) is 0 Å². The molecular weight excluding hydrogens is 346 g/mol. The average molecular weight is 356 g/mol. The van der Waals surface area contributed by atoms with E-state index in [1.165, 1.54) is 0 Å². The Kier molecular flexibility index (Phi) is 2.90. The first-order valence-corrected chi connectivity index (χ1v) is 7.29. The van der Waals surface area contributed by atoms with Crippen LogP contribution in [0, 0.1) is 0 Å². The predicted octanol–water partition coefficient (Wildman–Crippen LogP) is 2.35.